The lowest BCUT2D eigenvalue weighted by atomic mass is 9.81. The van der Waals surface area contributed by atoms with Gasteiger partial charge in [-0.05, 0) is 48.9 Å². The topological polar surface area (TPSA) is 42.1 Å². The predicted octanol–water partition coefficient (Wildman–Crippen LogP) is 5.82. The molecule has 5 heteroatoms. The number of carbonyl (C=O) groups excluding carboxylic acids is 1. The smallest absolute Gasteiger partial charge is 0.411 e. The van der Waals surface area contributed by atoms with Crippen LogP contribution in [0.3, 0.4) is 0 Å². The number of amides is 1. The molecular formula is C24H26BrNO3. The summed E-state index contributed by atoms with van der Waals surface area (Å²) >= 11 is 3.51. The summed E-state index contributed by atoms with van der Waals surface area (Å²) in [7, 11) is 0. The van der Waals surface area contributed by atoms with E-state index in [2.05, 4.69) is 59.3 Å². The first-order valence-electron chi connectivity index (χ1n) is 10.4. The summed E-state index contributed by atoms with van der Waals surface area (Å²) < 4.78 is 13.0. The standard InChI is InChI=1S/C24H26BrNO3/c1-23(16-28-23)15-24(19-5-3-2-4-6-19)13-14-26(22(27)29-24)21(17-7-8-17)18-9-11-20(25)12-10-18/h2-6,9-12,17,21H,7-8,13-16H2,1H3/t21?,23?,24-/m1/s1. The summed E-state index contributed by atoms with van der Waals surface area (Å²) in [5.74, 6) is 0.525. The third-order valence-corrected chi connectivity index (χ3v) is 7.01. The highest BCUT2D eigenvalue weighted by Gasteiger charge is 2.53. The van der Waals surface area contributed by atoms with Crippen LogP contribution in [0.2, 0.25) is 0 Å². The SMILES string of the molecule is CC1(C[C@@]2(c3ccccc3)CCN(C(c3ccc(Br)cc3)C3CC3)C(=O)O2)CO1. The highest BCUT2D eigenvalue weighted by atomic mass is 79.9. The minimum absolute atomic E-state index is 0.0946. The van der Waals surface area contributed by atoms with E-state index in [1.165, 1.54) is 18.4 Å². The molecule has 2 aromatic carbocycles. The second kappa shape index (κ2) is 7.13. The van der Waals surface area contributed by atoms with E-state index in [0.29, 0.717) is 18.9 Å². The zero-order valence-corrected chi connectivity index (χ0v) is 18.2. The molecule has 0 bridgehead atoms. The van der Waals surface area contributed by atoms with Crippen LogP contribution in [-0.4, -0.2) is 29.7 Å². The van der Waals surface area contributed by atoms with Gasteiger partial charge in [-0.2, -0.15) is 0 Å². The normalized spacial score (nSPS) is 30.0. The molecule has 4 nitrogen and oxygen atoms in total. The summed E-state index contributed by atoms with van der Waals surface area (Å²) in [5.41, 5.74) is 1.45. The van der Waals surface area contributed by atoms with E-state index in [0.717, 1.165) is 23.1 Å². The van der Waals surface area contributed by atoms with Crippen LogP contribution >= 0.6 is 15.9 Å². The van der Waals surface area contributed by atoms with Crippen molar-refractivity contribution in [3.63, 3.8) is 0 Å². The van der Waals surface area contributed by atoms with Crippen molar-refractivity contribution in [1.82, 2.24) is 4.90 Å². The average Bonchev–Trinajstić information content (AvgIpc) is 3.65. The molecule has 0 N–H and O–H groups in total. The largest absolute Gasteiger partial charge is 0.438 e. The number of benzene rings is 2. The first kappa shape index (κ1) is 19.1. The third-order valence-electron chi connectivity index (χ3n) is 6.49. The number of halogens is 1. The fraction of sp³-hybridized carbons (Fsp3) is 0.458. The lowest BCUT2D eigenvalue weighted by Crippen LogP contribution is -2.51. The summed E-state index contributed by atoms with van der Waals surface area (Å²) in [4.78, 5) is 15.3. The van der Waals surface area contributed by atoms with Crippen LogP contribution in [0.25, 0.3) is 0 Å². The number of rotatable bonds is 6. The zero-order valence-electron chi connectivity index (χ0n) is 16.6. The van der Waals surface area contributed by atoms with Crippen molar-refractivity contribution in [3.8, 4) is 0 Å². The minimum Gasteiger partial charge on any atom is -0.438 e. The molecule has 2 aromatic rings. The third kappa shape index (κ3) is 3.82. The Balaban J connectivity index is 1.43. The second-order valence-corrected chi connectivity index (χ2v) is 9.84. The van der Waals surface area contributed by atoms with Gasteiger partial charge >= 0.3 is 6.09 Å². The van der Waals surface area contributed by atoms with Gasteiger partial charge in [-0.15, -0.1) is 0 Å². The van der Waals surface area contributed by atoms with Crippen LogP contribution in [0.5, 0.6) is 0 Å². The number of cyclic esters (lactones) is 1. The maximum atomic E-state index is 13.4. The van der Waals surface area contributed by atoms with E-state index in [9.17, 15) is 4.79 Å². The summed E-state index contributed by atoms with van der Waals surface area (Å²) in [6.45, 7) is 3.53. The van der Waals surface area contributed by atoms with Gasteiger partial charge in [-0.25, -0.2) is 4.79 Å². The molecule has 3 fully saturated rings. The van der Waals surface area contributed by atoms with Crippen molar-refractivity contribution in [1.29, 1.82) is 0 Å². The van der Waals surface area contributed by atoms with Gasteiger partial charge in [-0.3, -0.25) is 0 Å². The molecule has 2 aliphatic heterocycles. The van der Waals surface area contributed by atoms with Gasteiger partial charge in [0.1, 0.15) is 5.60 Å². The Kier molecular flexibility index (Phi) is 4.71. The number of epoxide rings is 1. The first-order chi connectivity index (χ1) is 14.0. The van der Waals surface area contributed by atoms with Crippen molar-refractivity contribution in [3.05, 3.63) is 70.2 Å². The van der Waals surface area contributed by atoms with Crippen molar-refractivity contribution >= 4 is 22.0 Å². The first-order valence-corrected chi connectivity index (χ1v) is 11.2. The Hall–Kier alpha value is -1.85. The summed E-state index contributed by atoms with van der Waals surface area (Å²) in [6.07, 6.45) is 3.61. The molecule has 1 saturated carbocycles. The van der Waals surface area contributed by atoms with Crippen LogP contribution < -0.4 is 0 Å². The fourth-order valence-electron chi connectivity index (χ4n) is 4.70. The molecule has 0 radical (unpaired) electrons. The van der Waals surface area contributed by atoms with E-state index in [4.69, 9.17) is 9.47 Å². The molecule has 2 heterocycles. The van der Waals surface area contributed by atoms with Gasteiger partial charge < -0.3 is 14.4 Å². The maximum Gasteiger partial charge on any atom is 0.411 e. The van der Waals surface area contributed by atoms with E-state index >= 15 is 0 Å². The van der Waals surface area contributed by atoms with Crippen molar-refractivity contribution in [2.45, 2.75) is 49.9 Å². The van der Waals surface area contributed by atoms with Crippen LogP contribution in [0.1, 0.15) is 49.8 Å². The lowest BCUT2D eigenvalue weighted by Gasteiger charge is -2.45. The quantitative estimate of drug-likeness (QED) is 0.515. The number of hydrogen-bond acceptors (Lipinski definition) is 3. The fourth-order valence-corrected chi connectivity index (χ4v) is 4.97. The van der Waals surface area contributed by atoms with Crippen LogP contribution in [0, 0.1) is 5.92 Å². The Morgan fingerprint density at radius 1 is 1.14 bits per heavy atom. The van der Waals surface area contributed by atoms with Crippen LogP contribution in [0.15, 0.2) is 59.1 Å². The monoisotopic (exact) mass is 455 g/mol. The number of carbonyl (C=O) groups is 1. The Bertz CT molecular complexity index is 892. The highest BCUT2D eigenvalue weighted by molar-refractivity contribution is 9.10. The minimum atomic E-state index is -0.617. The molecular weight excluding hydrogens is 430 g/mol. The van der Waals surface area contributed by atoms with E-state index in [1.807, 2.05) is 23.1 Å². The number of ether oxygens (including phenoxy) is 2. The van der Waals surface area contributed by atoms with E-state index in [1.54, 1.807) is 0 Å². The Labute approximate surface area is 180 Å². The molecule has 2 saturated heterocycles. The number of nitrogens with zero attached hydrogens (tertiary/aromatic N) is 1. The van der Waals surface area contributed by atoms with Gasteiger partial charge in [0.15, 0.2) is 0 Å². The van der Waals surface area contributed by atoms with Crippen molar-refractivity contribution in [2.75, 3.05) is 13.2 Å². The highest BCUT2D eigenvalue weighted by Crippen LogP contribution is 2.50. The van der Waals surface area contributed by atoms with Crippen molar-refractivity contribution < 1.29 is 14.3 Å². The molecule has 1 aliphatic carbocycles. The molecule has 152 valence electrons. The van der Waals surface area contributed by atoms with Crippen LogP contribution in [-0.2, 0) is 15.1 Å². The molecule has 0 aromatic heterocycles. The molecule has 2 unspecified atom stereocenters. The summed E-state index contributed by atoms with van der Waals surface area (Å²) in [6, 6.07) is 18.6. The predicted molar refractivity (Wildman–Crippen MR) is 115 cm³/mol. The molecule has 3 atom stereocenters. The van der Waals surface area contributed by atoms with Crippen LogP contribution in [0.4, 0.5) is 4.79 Å². The molecule has 5 rings (SSSR count). The van der Waals surface area contributed by atoms with Gasteiger partial charge in [0, 0.05) is 23.9 Å². The van der Waals surface area contributed by atoms with Gasteiger partial charge in [0.2, 0.25) is 0 Å². The lowest BCUT2D eigenvalue weighted by molar-refractivity contribution is -0.0780. The Morgan fingerprint density at radius 3 is 2.41 bits per heavy atom. The molecule has 29 heavy (non-hydrogen) atoms. The van der Waals surface area contributed by atoms with Crippen molar-refractivity contribution in [2.24, 2.45) is 5.92 Å². The maximum absolute atomic E-state index is 13.4. The molecule has 0 spiro atoms. The van der Waals surface area contributed by atoms with Gasteiger partial charge in [0.05, 0.1) is 18.2 Å². The molecule has 1 amide bonds. The second-order valence-electron chi connectivity index (χ2n) is 8.92. The number of hydrogen-bond donors (Lipinski definition) is 0. The van der Waals surface area contributed by atoms with Gasteiger partial charge in [0.25, 0.3) is 0 Å². The summed E-state index contributed by atoms with van der Waals surface area (Å²) in [5, 5.41) is 0. The van der Waals surface area contributed by atoms with E-state index in [-0.39, 0.29) is 17.7 Å². The zero-order chi connectivity index (χ0) is 20.1. The molecule has 3 aliphatic rings. The van der Waals surface area contributed by atoms with Gasteiger partial charge in [-0.1, -0.05) is 58.4 Å². The average molecular weight is 456 g/mol. The van der Waals surface area contributed by atoms with E-state index < -0.39 is 5.60 Å². The Morgan fingerprint density at radius 2 is 1.83 bits per heavy atom.